The quantitative estimate of drug-likeness (QED) is 0.781. The molecule has 0 saturated heterocycles. The number of nitrogens with zero attached hydrogens (tertiary/aromatic N) is 1. The first-order chi connectivity index (χ1) is 12.0. The highest BCUT2D eigenvalue weighted by Crippen LogP contribution is 2.64. The Hall–Kier alpha value is -1.33. The molecule has 2 atom stereocenters. The number of hydrogen-bond donors (Lipinski definition) is 1. The van der Waals surface area contributed by atoms with E-state index in [0.29, 0.717) is 17.0 Å². The molecule has 4 nitrogen and oxygen atoms in total. The summed E-state index contributed by atoms with van der Waals surface area (Å²) in [5.41, 5.74) is 0.599. The first-order valence-electron chi connectivity index (χ1n) is 8.92. The second-order valence-electron chi connectivity index (χ2n) is 8.20. The lowest BCUT2D eigenvalue weighted by Gasteiger charge is -2.59. The number of alkyl halides is 1. The van der Waals surface area contributed by atoms with Crippen molar-refractivity contribution >= 4 is 44.2 Å². The Balaban J connectivity index is 1.42. The zero-order valence-electron chi connectivity index (χ0n) is 14.2. The smallest absolute Gasteiger partial charge is 0.232 e. The third-order valence-electron chi connectivity index (χ3n) is 6.29. The van der Waals surface area contributed by atoms with Crippen LogP contribution in [-0.4, -0.2) is 22.9 Å². The maximum Gasteiger partial charge on any atom is 0.232 e. The summed E-state index contributed by atoms with van der Waals surface area (Å²) >= 11 is 8.36. The number of aromatic nitrogens is 1. The summed E-state index contributed by atoms with van der Waals surface area (Å²) in [6.07, 6.45) is 6.22. The molecule has 4 fully saturated rings. The minimum Gasteiger partial charge on any atom is -0.497 e. The molecule has 1 aromatic heterocycles. The van der Waals surface area contributed by atoms with Crippen LogP contribution in [0, 0.1) is 17.3 Å². The van der Waals surface area contributed by atoms with Gasteiger partial charge in [-0.1, -0.05) is 11.3 Å². The maximum atomic E-state index is 13.2. The molecule has 0 aliphatic heterocycles. The Morgan fingerprint density at radius 2 is 2.08 bits per heavy atom. The highest BCUT2D eigenvalue weighted by Gasteiger charge is 2.60. The van der Waals surface area contributed by atoms with Crippen molar-refractivity contribution in [2.24, 2.45) is 17.3 Å². The summed E-state index contributed by atoms with van der Waals surface area (Å²) in [5, 5.41) is 3.79. The van der Waals surface area contributed by atoms with Gasteiger partial charge in [0.1, 0.15) is 5.75 Å². The van der Waals surface area contributed by atoms with Crippen molar-refractivity contribution in [1.82, 2.24) is 4.98 Å². The van der Waals surface area contributed by atoms with Gasteiger partial charge in [-0.2, -0.15) is 0 Å². The molecule has 4 aliphatic rings. The van der Waals surface area contributed by atoms with Gasteiger partial charge >= 0.3 is 0 Å². The van der Waals surface area contributed by atoms with Gasteiger partial charge in [-0.25, -0.2) is 4.98 Å². The molecule has 4 bridgehead atoms. The van der Waals surface area contributed by atoms with Crippen LogP contribution in [-0.2, 0) is 4.79 Å². The monoisotopic (exact) mass is 376 g/mol. The molecule has 4 aliphatic carbocycles. The van der Waals surface area contributed by atoms with Crippen LogP contribution in [0.2, 0.25) is 0 Å². The third kappa shape index (κ3) is 2.55. The Labute approximate surface area is 155 Å². The highest BCUT2D eigenvalue weighted by atomic mass is 35.5. The molecule has 1 N–H and O–H groups in total. The van der Waals surface area contributed by atoms with Crippen molar-refractivity contribution in [3.05, 3.63) is 18.2 Å². The molecule has 1 heterocycles. The number of nitrogens with one attached hydrogen (secondary N) is 1. The predicted octanol–water partition coefficient (Wildman–Crippen LogP) is 4.82. The zero-order valence-corrected chi connectivity index (χ0v) is 15.8. The summed E-state index contributed by atoms with van der Waals surface area (Å²) in [6, 6.07) is 5.78. The number of methoxy groups -OCH3 is 1. The van der Waals surface area contributed by atoms with E-state index in [9.17, 15) is 4.79 Å². The molecular formula is C19H21ClN2O2S. The zero-order chi connectivity index (χ0) is 17.2. The van der Waals surface area contributed by atoms with E-state index in [4.69, 9.17) is 16.3 Å². The van der Waals surface area contributed by atoms with Gasteiger partial charge in [-0.3, -0.25) is 4.79 Å². The van der Waals surface area contributed by atoms with Crippen LogP contribution in [0.1, 0.15) is 38.5 Å². The van der Waals surface area contributed by atoms with Crippen molar-refractivity contribution < 1.29 is 9.53 Å². The van der Waals surface area contributed by atoms with Gasteiger partial charge in [-0.15, -0.1) is 11.6 Å². The van der Waals surface area contributed by atoms with Gasteiger partial charge in [0.25, 0.3) is 0 Å². The number of anilines is 1. The molecule has 1 aromatic carbocycles. The Morgan fingerprint density at radius 3 is 2.76 bits per heavy atom. The summed E-state index contributed by atoms with van der Waals surface area (Å²) in [7, 11) is 1.65. The molecule has 4 saturated carbocycles. The molecule has 1 amide bonds. The summed E-state index contributed by atoms with van der Waals surface area (Å²) in [6.45, 7) is 0. The fraction of sp³-hybridized carbons (Fsp3) is 0.579. The lowest BCUT2D eigenvalue weighted by Crippen LogP contribution is -2.57. The molecule has 6 rings (SSSR count). The van der Waals surface area contributed by atoms with E-state index >= 15 is 0 Å². The average Bonchev–Trinajstić information content (AvgIpc) is 2.93. The Bertz CT molecular complexity index is 850. The normalized spacial score (nSPS) is 35.9. The van der Waals surface area contributed by atoms with Crippen molar-refractivity contribution in [3.63, 3.8) is 0 Å². The van der Waals surface area contributed by atoms with Gasteiger partial charge in [0.2, 0.25) is 5.91 Å². The first-order valence-corrected chi connectivity index (χ1v) is 10.1. The van der Waals surface area contributed by atoms with Crippen LogP contribution in [0.4, 0.5) is 5.13 Å². The first kappa shape index (κ1) is 15.9. The number of amides is 1. The number of hydrogen-bond acceptors (Lipinski definition) is 4. The second-order valence-corrected chi connectivity index (χ2v) is 10.0. The van der Waals surface area contributed by atoms with E-state index in [1.165, 1.54) is 17.8 Å². The summed E-state index contributed by atoms with van der Waals surface area (Å²) in [5.74, 6) is 2.16. The van der Waals surface area contributed by atoms with Gasteiger partial charge < -0.3 is 10.1 Å². The Morgan fingerprint density at radius 1 is 1.32 bits per heavy atom. The number of thiazole rings is 1. The van der Waals surface area contributed by atoms with Crippen LogP contribution in [0.25, 0.3) is 10.2 Å². The number of rotatable bonds is 3. The van der Waals surface area contributed by atoms with Crippen LogP contribution in [0.3, 0.4) is 0 Å². The van der Waals surface area contributed by atoms with Gasteiger partial charge in [0, 0.05) is 4.87 Å². The number of benzene rings is 1. The highest BCUT2D eigenvalue weighted by molar-refractivity contribution is 7.22. The third-order valence-corrected chi connectivity index (χ3v) is 7.66. The Kier molecular flexibility index (Phi) is 3.39. The SMILES string of the molecule is COc1ccc2nc(NC(=O)C34CC5CC(CC(Cl)(C5)C3)C4)sc2c1. The lowest BCUT2D eigenvalue weighted by molar-refractivity contribution is -0.138. The number of ether oxygens (including phenoxy) is 1. The fourth-order valence-electron chi connectivity index (χ4n) is 5.73. The van der Waals surface area contributed by atoms with Crippen molar-refractivity contribution in [2.75, 3.05) is 12.4 Å². The van der Waals surface area contributed by atoms with Crippen LogP contribution < -0.4 is 10.1 Å². The van der Waals surface area contributed by atoms with E-state index < -0.39 is 0 Å². The number of carbonyl (C=O) groups is 1. The van der Waals surface area contributed by atoms with E-state index in [1.54, 1.807) is 7.11 Å². The average molecular weight is 377 g/mol. The lowest BCUT2D eigenvalue weighted by atomic mass is 9.49. The number of fused-ring (bicyclic) bond motifs is 1. The van der Waals surface area contributed by atoms with Crippen molar-refractivity contribution in [2.45, 2.75) is 43.4 Å². The molecule has 132 valence electrons. The van der Waals surface area contributed by atoms with Crippen LogP contribution in [0.5, 0.6) is 5.75 Å². The summed E-state index contributed by atoms with van der Waals surface area (Å²) < 4.78 is 6.29. The molecule has 0 radical (unpaired) electrons. The second kappa shape index (κ2) is 5.34. The van der Waals surface area contributed by atoms with Crippen LogP contribution >= 0.6 is 22.9 Å². The minimum atomic E-state index is -0.290. The largest absolute Gasteiger partial charge is 0.497 e. The van der Waals surface area contributed by atoms with Gasteiger partial charge in [0.15, 0.2) is 5.13 Å². The van der Waals surface area contributed by atoms with E-state index in [0.717, 1.165) is 48.1 Å². The molecule has 2 aromatic rings. The molecule has 0 spiro atoms. The van der Waals surface area contributed by atoms with E-state index in [2.05, 4.69) is 10.3 Å². The number of carbonyl (C=O) groups excluding carboxylic acids is 1. The van der Waals surface area contributed by atoms with E-state index in [-0.39, 0.29) is 16.2 Å². The fourth-order valence-corrected chi connectivity index (χ4v) is 7.31. The number of halogens is 1. The molecule has 2 unspecified atom stereocenters. The maximum absolute atomic E-state index is 13.2. The minimum absolute atomic E-state index is 0.123. The van der Waals surface area contributed by atoms with E-state index in [1.807, 2.05) is 18.2 Å². The summed E-state index contributed by atoms with van der Waals surface area (Å²) in [4.78, 5) is 17.6. The predicted molar refractivity (Wildman–Crippen MR) is 101 cm³/mol. The van der Waals surface area contributed by atoms with Gasteiger partial charge in [-0.05, 0) is 68.6 Å². The van der Waals surface area contributed by atoms with Crippen molar-refractivity contribution in [3.8, 4) is 5.75 Å². The standard InChI is InChI=1S/C19H21ClN2O2S/c1-24-13-2-3-14-15(5-13)25-17(21-14)22-16(23)18-6-11-4-12(7-18)9-19(20,8-11)10-18/h2-3,5,11-12H,4,6-10H2,1H3,(H,21,22,23). The topological polar surface area (TPSA) is 51.2 Å². The molecular weight excluding hydrogens is 356 g/mol. The van der Waals surface area contributed by atoms with Gasteiger partial charge in [0.05, 0.1) is 22.7 Å². The van der Waals surface area contributed by atoms with Crippen LogP contribution in [0.15, 0.2) is 18.2 Å². The molecule has 6 heteroatoms. The van der Waals surface area contributed by atoms with Crippen molar-refractivity contribution in [1.29, 1.82) is 0 Å². The molecule has 25 heavy (non-hydrogen) atoms.